The van der Waals surface area contributed by atoms with Crippen LogP contribution in [0.1, 0.15) is 37.4 Å². The second kappa shape index (κ2) is 7.04. The van der Waals surface area contributed by atoms with Crippen molar-refractivity contribution in [3.05, 3.63) is 24.3 Å². The summed E-state index contributed by atoms with van der Waals surface area (Å²) in [6.07, 6.45) is 4.01. The van der Waals surface area contributed by atoms with Gasteiger partial charge in [-0.1, -0.05) is 19.8 Å². The van der Waals surface area contributed by atoms with Gasteiger partial charge in [-0.15, -0.1) is 5.10 Å². The van der Waals surface area contributed by atoms with Gasteiger partial charge in [0.2, 0.25) is 21.9 Å². The first-order chi connectivity index (χ1) is 12.3. The smallest absolute Gasteiger partial charge is 0.253 e. The number of hydrogen-bond acceptors (Lipinski definition) is 7. The Hall–Kier alpha value is -2.46. The molecule has 0 bridgehead atoms. The maximum Gasteiger partial charge on any atom is 0.253 e. The van der Waals surface area contributed by atoms with E-state index < -0.39 is 10.0 Å². The summed E-state index contributed by atoms with van der Waals surface area (Å²) < 4.78 is 23.7. The molecule has 2 atom stereocenters. The van der Waals surface area contributed by atoms with Crippen molar-refractivity contribution in [1.29, 1.82) is 0 Å². The van der Waals surface area contributed by atoms with Crippen molar-refractivity contribution < 1.29 is 13.2 Å². The zero-order valence-corrected chi connectivity index (χ0v) is 15.2. The summed E-state index contributed by atoms with van der Waals surface area (Å²) in [5.74, 6) is 0.246. The van der Waals surface area contributed by atoms with Crippen LogP contribution in [0.2, 0.25) is 0 Å². The molecule has 9 nitrogen and oxygen atoms in total. The number of aromatic nitrogens is 3. The number of hydrogen-bond donors (Lipinski definition) is 3. The Morgan fingerprint density at radius 1 is 1.23 bits per heavy atom. The molecule has 10 heteroatoms. The largest absolute Gasteiger partial charge is 0.368 e. The van der Waals surface area contributed by atoms with Gasteiger partial charge in [0.1, 0.15) is 0 Å². The Balaban J connectivity index is 1.76. The number of primary sulfonamides is 1. The highest BCUT2D eigenvalue weighted by atomic mass is 32.2. The lowest BCUT2D eigenvalue weighted by atomic mass is 9.80. The van der Waals surface area contributed by atoms with E-state index in [9.17, 15) is 13.2 Å². The van der Waals surface area contributed by atoms with E-state index in [-0.39, 0.29) is 28.6 Å². The Labute approximate surface area is 151 Å². The van der Waals surface area contributed by atoms with Gasteiger partial charge in [0.15, 0.2) is 0 Å². The molecule has 26 heavy (non-hydrogen) atoms. The topological polar surface area (TPSA) is 146 Å². The van der Waals surface area contributed by atoms with Crippen LogP contribution in [0, 0.1) is 11.8 Å². The van der Waals surface area contributed by atoms with Crippen LogP contribution < -0.4 is 16.2 Å². The quantitative estimate of drug-likeness (QED) is 0.734. The van der Waals surface area contributed by atoms with Crippen LogP contribution >= 0.6 is 0 Å². The van der Waals surface area contributed by atoms with Gasteiger partial charge in [0.25, 0.3) is 5.91 Å². The SMILES string of the molecule is CC1CCCCC1C(=O)n1nc(Nc2ccc(S(N)(=O)=O)cc2)nc1N. The van der Waals surface area contributed by atoms with E-state index in [2.05, 4.69) is 22.3 Å². The molecule has 0 saturated heterocycles. The number of sulfonamides is 1. The molecule has 140 valence electrons. The number of nitrogens with two attached hydrogens (primary N) is 2. The predicted molar refractivity (Wildman–Crippen MR) is 97.3 cm³/mol. The van der Waals surface area contributed by atoms with Crippen LogP contribution in [-0.4, -0.2) is 29.1 Å². The van der Waals surface area contributed by atoms with Crippen LogP contribution in [0.5, 0.6) is 0 Å². The fraction of sp³-hybridized carbons (Fsp3) is 0.438. The molecule has 0 spiro atoms. The number of nitrogens with one attached hydrogen (secondary N) is 1. The number of nitrogen functional groups attached to an aromatic ring is 1. The molecule has 1 aliphatic rings. The van der Waals surface area contributed by atoms with E-state index in [1.54, 1.807) is 0 Å². The van der Waals surface area contributed by atoms with Gasteiger partial charge in [0.05, 0.1) is 4.90 Å². The van der Waals surface area contributed by atoms with Crippen molar-refractivity contribution in [2.45, 2.75) is 37.5 Å². The summed E-state index contributed by atoms with van der Waals surface area (Å²) in [5, 5.41) is 12.1. The van der Waals surface area contributed by atoms with E-state index in [4.69, 9.17) is 10.9 Å². The summed E-state index contributed by atoms with van der Waals surface area (Å²) in [6.45, 7) is 2.07. The Morgan fingerprint density at radius 3 is 2.50 bits per heavy atom. The third-order valence-electron chi connectivity index (χ3n) is 4.71. The summed E-state index contributed by atoms with van der Waals surface area (Å²) in [6, 6.07) is 5.79. The number of benzene rings is 1. The van der Waals surface area contributed by atoms with Gasteiger partial charge in [0, 0.05) is 11.6 Å². The zero-order chi connectivity index (χ0) is 18.9. The van der Waals surface area contributed by atoms with Crippen LogP contribution in [0.4, 0.5) is 17.6 Å². The summed E-state index contributed by atoms with van der Waals surface area (Å²) >= 11 is 0. The predicted octanol–water partition coefficient (Wildman–Crippen LogP) is 1.72. The summed E-state index contributed by atoms with van der Waals surface area (Å²) in [7, 11) is -3.75. The number of rotatable bonds is 4. The average molecular weight is 378 g/mol. The molecule has 5 N–H and O–H groups in total. The number of nitrogens with zero attached hydrogens (tertiary/aromatic N) is 3. The first-order valence-corrected chi connectivity index (χ1v) is 9.97. The fourth-order valence-electron chi connectivity index (χ4n) is 3.24. The van der Waals surface area contributed by atoms with Crippen molar-refractivity contribution in [2.75, 3.05) is 11.1 Å². The standard InChI is InChI=1S/C16H22N6O3S/c1-10-4-2-3-5-13(10)14(23)22-15(17)20-16(21-22)19-11-6-8-12(9-7-11)26(18,24)25/h6-10,13H,2-5H2,1H3,(H2,18,24,25)(H3,17,19,20,21). The molecule has 3 rings (SSSR count). The van der Waals surface area contributed by atoms with Crippen LogP contribution in [-0.2, 0) is 10.0 Å². The molecule has 1 aromatic carbocycles. The minimum Gasteiger partial charge on any atom is -0.368 e. The van der Waals surface area contributed by atoms with Crippen molar-refractivity contribution >= 4 is 33.5 Å². The third-order valence-corrected chi connectivity index (χ3v) is 5.64. The van der Waals surface area contributed by atoms with E-state index in [0.29, 0.717) is 11.6 Å². The monoisotopic (exact) mass is 378 g/mol. The molecule has 1 aromatic heterocycles. The molecule has 1 aliphatic carbocycles. The molecule has 2 unspecified atom stereocenters. The van der Waals surface area contributed by atoms with Gasteiger partial charge >= 0.3 is 0 Å². The van der Waals surface area contributed by atoms with Gasteiger partial charge in [-0.25, -0.2) is 13.6 Å². The lowest BCUT2D eigenvalue weighted by molar-refractivity contribution is 0.0732. The maximum atomic E-state index is 12.7. The van der Waals surface area contributed by atoms with Crippen LogP contribution in [0.25, 0.3) is 0 Å². The van der Waals surface area contributed by atoms with Gasteiger partial charge in [-0.05, 0) is 43.0 Å². The van der Waals surface area contributed by atoms with Crippen molar-refractivity contribution in [2.24, 2.45) is 17.0 Å². The lowest BCUT2D eigenvalue weighted by Gasteiger charge is -2.26. The number of carbonyl (C=O) groups excluding carboxylic acids is 1. The minimum atomic E-state index is -3.75. The first-order valence-electron chi connectivity index (χ1n) is 8.42. The Morgan fingerprint density at radius 2 is 1.88 bits per heavy atom. The summed E-state index contributed by atoms with van der Waals surface area (Å²) in [4.78, 5) is 16.8. The van der Waals surface area contributed by atoms with Crippen LogP contribution in [0.15, 0.2) is 29.2 Å². The van der Waals surface area contributed by atoms with Crippen molar-refractivity contribution in [3.8, 4) is 0 Å². The number of carbonyl (C=O) groups is 1. The lowest BCUT2D eigenvalue weighted by Crippen LogP contribution is -2.31. The second-order valence-electron chi connectivity index (χ2n) is 6.61. The molecule has 0 amide bonds. The molecule has 1 fully saturated rings. The molecule has 2 aromatic rings. The molecule has 1 saturated carbocycles. The van der Waals surface area contributed by atoms with E-state index in [1.165, 1.54) is 24.3 Å². The van der Waals surface area contributed by atoms with E-state index >= 15 is 0 Å². The zero-order valence-electron chi connectivity index (χ0n) is 14.4. The molecule has 0 radical (unpaired) electrons. The van der Waals surface area contributed by atoms with Crippen molar-refractivity contribution in [3.63, 3.8) is 0 Å². The molecular formula is C16H22N6O3S. The molecular weight excluding hydrogens is 356 g/mol. The molecule has 0 aliphatic heterocycles. The minimum absolute atomic E-state index is 0.00233. The van der Waals surface area contributed by atoms with Crippen molar-refractivity contribution in [1.82, 2.24) is 14.8 Å². The molecule has 1 heterocycles. The fourth-order valence-corrected chi connectivity index (χ4v) is 3.75. The Kier molecular flexibility index (Phi) is 4.97. The Bertz CT molecular complexity index is 907. The number of anilines is 3. The first kappa shape index (κ1) is 18.3. The second-order valence-corrected chi connectivity index (χ2v) is 8.17. The average Bonchev–Trinajstić information content (AvgIpc) is 2.94. The highest BCUT2D eigenvalue weighted by molar-refractivity contribution is 7.89. The van der Waals surface area contributed by atoms with E-state index in [0.717, 1.165) is 30.4 Å². The third kappa shape index (κ3) is 3.86. The van der Waals surface area contributed by atoms with E-state index in [1.807, 2.05) is 0 Å². The van der Waals surface area contributed by atoms with Gasteiger partial charge < -0.3 is 11.1 Å². The summed E-state index contributed by atoms with van der Waals surface area (Å²) in [5.41, 5.74) is 6.41. The maximum absolute atomic E-state index is 12.7. The van der Waals surface area contributed by atoms with Gasteiger partial charge in [-0.2, -0.15) is 9.67 Å². The normalized spacial score (nSPS) is 20.7. The van der Waals surface area contributed by atoms with Crippen LogP contribution in [0.3, 0.4) is 0 Å². The highest BCUT2D eigenvalue weighted by Gasteiger charge is 2.30. The highest BCUT2D eigenvalue weighted by Crippen LogP contribution is 2.31. The van der Waals surface area contributed by atoms with Gasteiger partial charge in [-0.3, -0.25) is 4.79 Å².